The van der Waals surface area contributed by atoms with E-state index in [0.717, 1.165) is 30.6 Å². The van der Waals surface area contributed by atoms with Gasteiger partial charge in [0.25, 0.3) is 0 Å². The normalized spacial score (nSPS) is 13.1. The van der Waals surface area contributed by atoms with E-state index in [0.29, 0.717) is 5.56 Å². The molecule has 1 rings (SSSR count). The maximum atomic E-state index is 11.3. The standard InChI is InChI=1S/C16H22O3/c1-4-6-11-15(19-12(3)5-2)13-9-7-8-10-14(13)16(17)18/h5,7-10,15H,4,6,11H2,1-3H3,(H,17,18)/b12-5+. The van der Waals surface area contributed by atoms with Crippen LogP contribution in [0, 0.1) is 0 Å². The van der Waals surface area contributed by atoms with Crippen LogP contribution in [0.15, 0.2) is 36.1 Å². The van der Waals surface area contributed by atoms with E-state index < -0.39 is 5.97 Å². The average Bonchev–Trinajstić information content (AvgIpc) is 2.43. The molecule has 0 saturated carbocycles. The zero-order valence-corrected chi connectivity index (χ0v) is 11.8. The molecule has 1 unspecified atom stereocenters. The van der Waals surface area contributed by atoms with Crippen molar-refractivity contribution in [2.24, 2.45) is 0 Å². The molecule has 3 heteroatoms. The van der Waals surface area contributed by atoms with Gasteiger partial charge in [-0.15, -0.1) is 0 Å². The first-order valence-electron chi connectivity index (χ1n) is 6.71. The van der Waals surface area contributed by atoms with Crippen molar-refractivity contribution in [1.29, 1.82) is 0 Å². The van der Waals surface area contributed by atoms with E-state index in [-0.39, 0.29) is 6.10 Å². The van der Waals surface area contributed by atoms with Gasteiger partial charge in [-0.25, -0.2) is 4.79 Å². The second-order valence-electron chi connectivity index (χ2n) is 4.54. The number of rotatable bonds is 7. The molecule has 0 bridgehead atoms. The molecule has 104 valence electrons. The van der Waals surface area contributed by atoms with Gasteiger partial charge in [-0.2, -0.15) is 0 Å². The van der Waals surface area contributed by atoms with E-state index in [1.54, 1.807) is 12.1 Å². The fourth-order valence-corrected chi connectivity index (χ4v) is 1.93. The summed E-state index contributed by atoms with van der Waals surface area (Å²) >= 11 is 0. The summed E-state index contributed by atoms with van der Waals surface area (Å²) in [5.74, 6) is -0.0832. The third kappa shape index (κ3) is 4.43. The number of ether oxygens (including phenoxy) is 1. The topological polar surface area (TPSA) is 46.5 Å². The fourth-order valence-electron chi connectivity index (χ4n) is 1.93. The Morgan fingerprint density at radius 3 is 2.68 bits per heavy atom. The summed E-state index contributed by atoms with van der Waals surface area (Å²) in [6.45, 7) is 5.92. The molecule has 1 aromatic rings. The Labute approximate surface area is 114 Å². The second-order valence-corrected chi connectivity index (χ2v) is 4.54. The zero-order chi connectivity index (χ0) is 14.3. The van der Waals surface area contributed by atoms with E-state index in [1.165, 1.54) is 0 Å². The van der Waals surface area contributed by atoms with Crippen molar-refractivity contribution in [3.05, 3.63) is 47.2 Å². The van der Waals surface area contributed by atoms with Crippen molar-refractivity contribution in [2.75, 3.05) is 0 Å². The Hall–Kier alpha value is -1.77. The molecule has 1 aromatic carbocycles. The van der Waals surface area contributed by atoms with Gasteiger partial charge in [-0.05, 0) is 38.8 Å². The molecule has 0 amide bonds. The Balaban J connectivity index is 3.05. The van der Waals surface area contributed by atoms with Crippen LogP contribution < -0.4 is 0 Å². The lowest BCUT2D eigenvalue weighted by Gasteiger charge is -2.21. The summed E-state index contributed by atoms with van der Waals surface area (Å²) in [5, 5.41) is 9.26. The zero-order valence-electron chi connectivity index (χ0n) is 11.8. The summed E-state index contributed by atoms with van der Waals surface area (Å²) in [4.78, 5) is 11.3. The van der Waals surface area contributed by atoms with E-state index in [2.05, 4.69) is 6.92 Å². The molecule has 19 heavy (non-hydrogen) atoms. The molecular weight excluding hydrogens is 240 g/mol. The van der Waals surface area contributed by atoms with E-state index >= 15 is 0 Å². The Bertz CT molecular complexity index is 449. The molecule has 1 atom stereocenters. The third-order valence-corrected chi connectivity index (χ3v) is 3.09. The Morgan fingerprint density at radius 2 is 2.11 bits per heavy atom. The van der Waals surface area contributed by atoms with E-state index in [1.807, 2.05) is 32.1 Å². The molecule has 0 aliphatic heterocycles. The fraction of sp³-hybridized carbons (Fsp3) is 0.438. The minimum Gasteiger partial charge on any atom is -0.491 e. The molecule has 0 aliphatic rings. The largest absolute Gasteiger partial charge is 0.491 e. The van der Waals surface area contributed by atoms with Crippen LogP contribution >= 0.6 is 0 Å². The van der Waals surface area contributed by atoms with Crippen molar-refractivity contribution in [3.63, 3.8) is 0 Å². The molecule has 0 saturated heterocycles. The van der Waals surface area contributed by atoms with Gasteiger partial charge in [0.1, 0.15) is 6.10 Å². The van der Waals surface area contributed by atoms with Crippen molar-refractivity contribution in [3.8, 4) is 0 Å². The van der Waals surface area contributed by atoms with Gasteiger partial charge >= 0.3 is 5.97 Å². The lowest BCUT2D eigenvalue weighted by molar-refractivity contribution is 0.0678. The molecule has 0 heterocycles. The molecule has 0 spiro atoms. The minimum absolute atomic E-state index is 0.191. The van der Waals surface area contributed by atoms with Crippen molar-refractivity contribution in [2.45, 2.75) is 46.1 Å². The summed E-state index contributed by atoms with van der Waals surface area (Å²) in [6.07, 6.45) is 4.59. The molecule has 0 fully saturated rings. The number of hydrogen-bond acceptors (Lipinski definition) is 2. The molecule has 0 aliphatic carbocycles. The number of allylic oxidation sites excluding steroid dienone is 2. The maximum absolute atomic E-state index is 11.3. The number of carboxylic acids is 1. The smallest absolute Gasteiger partial charge is 0.336 e. The van der Waals surface area contributed by atoms with Crippen molar-refractivity contribution in [1.82, 2.24) is 0 Å². The van der Waals surface area contributed by atoms with Gasteiger partial charge in [0, 0.05) is 5.56 Å². The van der Waals surface area contributed by atoms with Crippen LogP contribution in [0.2, 0.25) is 0 Å². The van der Waals surface area contributed by atoms with Gasteiger partial charge in [0.2, 0.25) is 0 Å². The number of hydrogen-bond donors (Lipinski definition) is 1. The second kappa shape index (κ2) is 7.62. The number of benzene rings is 1. The molecule has 3 nitrogen and oxygen atoms in total. The first-order valence-corrected chi connectivity index (χ1v) is 6.71. The molecule has 1 N–H and O–H groups in total. The number of carboxylic acid groups (broad SMARTS) is 1. The van der Waals surface area contributed by atoms with E-state index in [4.69, 9.17) is 4.74 Å². The number of unbranched alkanes of at least 4 members (excludes halogenated alkanes) is 1. The SMILES string of the molecule is C/C=C(\C)OC(CCCC)c1ccccc1C(=O)O. The average molecular weight is 262 g/mol. The Morgan fingerprint density at radius 1 is 1.42 bits per heavy atom. The van der Waals surface area contributed by atoms with Crippen molar-refractivity contribution < 1.29 is 14.6 Å². The van der Waals surface area contributed by atoms with Gasteiger partial charge in [-0.1, -0.05) is 31.5 Å². The van der Waals surface area contributed by atoms with Gasteiger partial charge in [-0.3, -0.25) is 0 Å². The van der Waals surface area contributed by atoms with E-state index in [9.17, 15) is 9.90 Å². The number of carbonyl (C=O) groups is 1. The third-order valence-electron chi connectivity index (χ3n) is 3.09. The van der Waals surface area contributed by atoms with Crippen LogP contribution in [-0.2, 0) is 4.74 Å². The lowest BCUT2D eigenvalue weighted by Crippen LogP contribution is -2.10. The van der Waals surface area contributed by atoms with Crippen molar-refractivity contribution >= 4 is 5.97 Å². The quantitative estimate of drug-likeness (QED) is 0.733. The van der Waals surface area contributed by atoms with Crippen LogP contribution in [-0.4, -0.2) is 11.1 Å². The van der Waals surface area contributed by atoms with Crippen LogP contribution in [0.25, 0.3) is 0 Å². The Kier molecular flexibility index (Phi) is 6.13. The first kappa shape index (κ1) is 15.3. The summed E-state index contributed by atoms with van der Waals surface area (Å²) < 4.78 is 5.88. The summed E-state index contributed by atoms with van der Waals surface area (Å²) in [5.41, 5.74) is 1.08. The minimum atomic E-state index is -0.904. The highest BCUT2D eigenvalue weighted by Crippen LogP contribution is 2.28. The molecular formula is C16H22O3. The van der Waals surface area contributed by atoms with Gasteiger partial charge in [0.15, 0.2) is 0 Å². The first-order chi connectivity index (χ1) is 9.10. The maximum Gasteiger partial charge on any atom is 0.336 e. The highest BCUT2D eigenvalue weighted by Gasteiger charge is 2.19. The van der Waals surface area contributed by atoms with Crippen LogP contribution in [0.3, 0.4) is 0 Å². The summed E-state index contributed by atoms with van der Waals surface area (Å²) in [7, 11) is 0. The van der Waals surface area contributed by atoms with Crippen LogP contribution in [0.1, 0.15) is 62.1 Å². The number of aromatic carboxylic acids is 1. The van der Waals surface area contributed by atoms with Gasteiger partial charge in [0.05, 0.1) is 11.3 Å². The van der Waals surface area contributed by atoms with Crippen LogP contribution in [0.5, 0.6) is 0 Å². The predicted molar refractivity (Wildman–Crippen MR) is 76.2 cm³/mol. The highest BCUT2D eigenvalue weighted by molar-refractivity contribution is 5.89. The molecule has 0 radical (unpaired) electrons. The monoisotopic (exact) mass is 262 g/mol. The highest BCUT2D eigenvalue weighted by atomic mass is 16.5. The predicted octanol–water partition coefficient (Wildman–Crippen LogP) is 4.56. The molecule has 0 aromatic heterocycles. The summed E-state index contributed by atoms with van der Waals surface area (Å²) in [6, 6.07) is 7.07. The van der Waals surface area contributed by atoms with Gasteiger partial charge < -0.3 is 9.84 Å². The van der Waals surface area contributed by atoms with Crippen LogP contribution in [0.4, 0.5) is 0 Å². The lowest BCUT2D eigenvalue weighted by atomic mass is 9.98.